The van der Waals surface area contributed by atoms with Crippen LogP contribution in [0.2, 0.25) is 0 Å². The molecule has 1 aromatic heterocycles. The van der Waals surface area contributed by atoms with Gasteiger partial charge in [0.15, 0.2) is 6.61 Å². The fourth-order valence-electron chi connectivity index (χ4n) is 2.52. The first-order valence-electron chi connectivity index (χ1n) is 9.25. The molecule has 0 aliphatic rings. The van der Waals surface area contributed by atoms with E-state index >= 15 is 0 Å². The van der Waals surface area contributed by atoms with E-state index in [9.17, 15) is 22.8 Å². The molecule has 168 valence electrons. The second-order valence-electron chi connectivity index (χ2n) is 6.64. The Morgan fingerprint density at radius 2 is 1.65 bits per heavy atom. The van der Waals surface area contributed by atoms with Crippen molar-refractivity contribution >= 4 is 44.2 Å². The Kier molecular flexibility index (Phi) is 7.93. The van der Waals surface area contributed by atoms with Crippen molar-refractivity contribution in [2.75, 3.05) is 32.6 Å². The van der Waals surface area contributed by atoms with Gasteiger partial charge in [0.05, 0.1) is 22.6 Å². The molecule has 0 saturated heterocycles. The third-order valence-electron chi connectivity index (χ3n) is 4.32. The first-order chi connectivity index (χ1) is 14.5. The summed E-state index contributed by atoms with van der Waals surface area (Å²) in [5, 5.41) is 2.90. The van der Waals surface area contributed by atoms with E-state index < -0.39 is 34.5 Å². The molecule has 0 unspecified atom stereocenters. The van der Waals surface area contributed by atoms with Crippen LogP contribution in [0.25, 0.3) is 0 Å². The van der Waals surface area contributed by atoms with E-state index in [0.717, 1.165) is 9.18 Å². The molecule has 1 aromatic carbocycles. The smallest absolute Gasteiger partial charge is 0.341 e. The van der Waals surface area contributed by atoms with Gasteiger partial charge in [0.25, 0.3) is 5.91 Å². The maximum atomic E-state index is 12.2. The third-order valence-corrected chi connectivity index (χ3v) is 7.27. The number of thiophene rings is 1. The number of hydrogen-bond acceptors (Lipinski definition) is 8. The van der Waals surface area contributed by atoms with Crippen LogP contribution in [0, 0.1) is 13.8 Å². The lowest BCUT2D eigenvalue weighted by Gasteiger charge is -2.11. The van der Waals surface area contributed by atoms with E-state index in [2.05, 4.69) is 5.32 Å². The van der Waals surface area contributed by atoms with Crippen molar-refractivity contribution in [2.45, 2.75) is 25.7 Å². The standard InChI is InChI=1S/C20H24N2O7S2/c1-6-28-20(25)17-12(2)13(3)30-18(17)21-16(23)11-29-19(24)14-7-9-15(10-8-14)31(26,27)22(4)5/h7-10H,6,11H2,1-5H3,(H,21,23). The van der Waals surface area contributed by atoms with Gasteiger partial charge in [0.2, 0.25) is 10.0 Å². The van der Waals surface area contributed by atoms with E-state index in [1.54, 1.807) is 13.8 Å². The summed E-state index contributed by atoms with van der Waals surface area (Å²) < 4.78 is 35.2. The van der Waals surface area contributed by atoms with E-state index in [0.29, 0.717) is 10.6 Å². The molecule has 0 atom stereocenters. The molecule has 0 aliphatic carbocycles. The summed E-state index contributed by atoms with van der Waals surface area (Å²) >= 11 is 1.23. The van der Waals surface area contributed by atoms with Crippen molar-refractivity contribution in [1.29, 1.82) is 0 Å². The number of benzene rings is 1. The zero-order valence-electron chi connectivity index (χ0n) is 17.8. The Morgan fingerprint density at radius 1 is 1.03 bits per heavy atom. The molecular formula is C20H24N2O7S2. The number of hydrogen-bond donors (Lipinski definition) is 1. The van der Waals surface area contributed by atoms with Crippen LogP contribution < -0.4 is 5.32 Å². The highest BCUT2D eigenvalue weighted by atomic mass is 32.2. The average Bonchev–Trinajstić information content (AvgIpc) is 2.99. The van der Waals surface area contributed by atoms with E-state index in [1.165, 1.54) is 49.7 Å². The van der Waals surface area contributed by atoms with Crippen molar-refractivity contribution in [3.63, 3.8) is 0 Å². The number of esters is 2. The fraction of sp³-hybridized carbons (Fsp3) is 0.350. The zero-order chi connectivity index (χ0) is 23.3. The summed E-state index contributed by atoms with van der Waals surface area (Å²) in [5.41, 5.74) is 1.09. The number of sulfonamides is 1. The minimum Gasteiger partial charge on any atom is -0.462 e. The Morgan fingerprint density at radius 3 is 2.19 bits per heavy atom. The van der Waals surface area contributed by atoms with Gasteiger partial charge in [0.1, 0.15) is 5.00 Å². The van der Waals surface area contributed by atoms with Gasteiger partial charge in [-0.05, 0) is 50.6 Å². The zero-order valence-corrected chi connectivity index (χ0v) is 19.5. The number of carbonyl (C=O) groups excluding carboxylic acids is 3. The maximum Gasteiger partial charge on any atom is 0.341 e. The van der Waals surface area contributed by atoms with Crippen molar-refractivity contribution < 1.29 is 32.3 Å². The Hall–Kier alpha value is -2.76. The van der Waals surface area contributed by atoms with Gasteiger partial charge in [-0.25, -0.2) is 22.3 Å². The monoisotopic (exact) mass is 468 g/mol. The summed E-state index contributed by atoms with van der Waals surface area (Å²) in [4.78, 5) is 37.5. The highest BCUT2D eigenvalue weighted by molar-refractivity contribution is 7.89. The van der Waals surface area contributed by atoms with Crippen LogP contribution in [0.4, 0.5) is 5.00 Å². The van der Waals surface area contributed by atoms with Gasteiger partial charge in [-0.2, -0.15) is 0 Å². The van der Waals surface area contributed by atoms with Crippen LogP contribution >= 0.6 is 11.3 Å². The molecule has 1 N–H and O–H groups in total. The molecule has 0 bridgehead atoms. The second kappa shape index (κ2) is 10.0. The molecule has 2 aromatic rings. The lowest BCUT2D eigenvalue weighted by molar-refractivity contribution is -0.119. The Bertz CT molecular complexity index is 1090. The first kappa shape index (κ1) is 24.5. The van der Waals surface area contributed by atoms with Gasteiger partial charge in [-0.1, -0.05) is 0 Å². The Balaban J connectivity index is 2.03. The molecule has 2 rings (SSSR count). The molecule has 1 heterocycles. The highest BCUT2D eigenvalue weighted by Crippen LogP contribution is 2.33. The summed E-state index contributed by atoms with van der Waals surface area (Å²) in [6, 6.07) is 5.19. The number of ether oxygens (including phenoxy) is 2. The van der Waals surface area contributed by atoms with Crippen molar-refractivity contribution in [3.8, 4) is 0 Å². The molecule has 1 amide bonds. The topological polar surface area (TPSA) is 119 Å². The number of nitrogens with zero attached hydrogens (tertiary/aromatic N) is 1. The minimum absolute atomic E-state index is 0.0294. The SMILES string of the molecule is CCOC(=O)c1c(NC(=O)COC(=O)c2ccc(S(=O)(=O)N(C)C)cc2)sc(C)c1C. The predicted octanol–water partition coefficient (Wildman–Crippen LogP) is 2.59. The van der Waals surface area contributed by atoms with Gasteiger partial charge >= 0.3 is 11.9 Å². The molecular weight excluding hydrogens is 444 g/mol. The molecule has 9 nitrogen and oxygen atoms in total. The molecule has 31 heavy (non-hydrogen) atoms. The van der Waals surface area contributed by atoms with Crippen molar-refractivity contribution in [3.05, 3.63) is 45.8 Å². The number of amides is 1. The number of carbonyl (C=O) groups is 3. The summed E-state index contributed by atoms with van der Waals surface area (Å²) in [6.07, 6.45) is 0. The van der Waals surface area contributed by atoms with Gasteiger partial charge in [-0.3, -0.25) is 4.79 Å². The van der Waals surface area contributed by atoms with Crippen LogP contribution in [0.1, 0.15) is 38.1 Å². The third kappa shape index (κ3) is 5.69. The van der Waals surface area contributed by atoms with Crippen LogP contribution in [0.5, 0.6) is 0 Å². The number of anilines is 1. The van der Waals surface area contributed by atoms with Crippen LogP contribution in [0.3, 0.4) is 0 Å². The van der Waals surface area contributed by atoms with Gasteiger partial charge in [-0.15, -0.1) is 11.3 Å². The van der Waals surface area contributed by atoms with Crippen molar-refractivity contribution in [1.82, 2.24) is 4.31 Å². The van der Waals surface area contributed by atoms with Gasteiger partial charge in [0, 0.05) is 19.0 Å². The average molecular weight is 469 g/mol. The predicted molar refractivity (Wildman–Crippen MR) is 116 cm³/mol. The second-order valence-corrected chi connectivity index (χ2v) is 10.0. The van der Waals surface area contributed by atoms with Gasteiger partial charge < -0.3 is 14.8 Å². The molecule has 0 fully saturated rings. The van der Waals surface area contributed by atoms with Crippen LogP contribution in [0.15, 0.2) is 29.2 Å². The maximum absolute atomic E-state index is 12.2. The largest absolute Gasteiger partial charge is 0.462 e. The molecule has 0 spiro atoms. The molecule has 0 radical (unpaired) electrons. The minimum atomic E-state index is -3.62. The molecule has 0 aliphatic heterocycles. The first-order valence-corrected chi connectivity index (χ1v) is 11.5. The van der Waals surface area contributed by atoms with Crippen LogP contribution in [-0.2, 0) is 24.3 Å². The van der Waals surface area contributed by atoms with E-state index in [4.69, 9.17) is 9.47 Å². The Labute approximate surface area is 185 Å². The number of aryl methyl sites for hydroxylation is 1. The number of nitrogens with one attached hydrogen (secondary N) is 1. The normalized spacial score (nSPS) is 11.3. The van der Waals surface area contributed by atoms with E-state index in [1.807, 2.05) is 6.92 Å². The summed E-state index contributed by atoms with van der Waals surface area (Å²) in [7, 11) is -0.810. The lowest BCUT2D eigenvalue weighted by Crippen LogP contribution is -2.23. The van der Waals surface area contributed by atoms with E-state index in [-0.39, 0.29) is 22.6 Å². The quantitative estimate of drug-likeness (QED) is 0.592. The lowest BCUT2D eigenvalue weighted by atomic mass is 10.1. The molecule has 11 heteroatoms. The fourth-order valence-corrected chi connectivity index (χ4v) is 4.48. The molecule has 0 saturated carbocycles. The van der Waals surface area contributed by atoms with Crippen molar-refractivity contribution in [2.24, 2.45) is 0 Å². The summed E-state index contributed by atoms with van der Waals surface area (Å²) in [5.74, 6) is -1.94. The number of rotatable bonds is 8. The summed E-state index contributed by atoms with van der Waals surface area (Å²) in [6.45, 7) is 4.89. The highest BCUT2D eigenvalue weighted by Gasteiger charge is 2.23. The van der Waals surface area contributed by atoms with Crippen LogP contribution in [-0.4, -0.2) is 57.9 Å².